The predicted molar refractivity (Wildman–Crippen MR) is 80.4 cm³/mol. The lowest BCUT2D eigenvalue weighted by atomic mass is 10.2. The first-order chi connectivity index (χ1) is 10.5. The summed E-state index contributed by atoms with van der Waals surface area (Å²) >= 11 is 5.68. The number of nitrogens with one attached hydrogen (secondary N) is 2. The van der Waals surface area contributed by atoms with Crippen molar-refractivity contribution < 1.29 is 14.1 Å². The van der Waals surface area contributed by atoms with E-state index in [1.54, 1.807) is 12.1 Å². The molecule has 2 rings (SSSR count). The molecule has 0 aromatic heterocycles. The van der Waals surface area contributed by atoms with E-state index in [1.165, 1.54) is 30.3 Å². The molecule has 0 aliphatic rings. The highest BCUT2D eigenvalue weighted by Gasteiger charge is 2.13. The Bertz CT molecular complexity index is 707. The van der Waals surface area contributed by atoms with Crippen molar-refractivity contribution in [2.24, 2.45) is 0 Å². The fourth-order valence-electron chi connectivity index (χ4n) is 1.69. The summed E-state index contributed by atoms with van der Waals surface area (Å²) in [6.45, 7) is 0.196. The van der Waals surface area contributed by atoms with Crippen molar-refractivity contribution in [2.75, 3.05) is 5.32 Å². The number of benzene rings is 2. The van der Waals surface area contributed by atoms with Crippen LogP contribution < -0.4 is 10.6 Å². The molecule has 2 aromatic carbocycles. The normalized spacial score (nSPS) is 10.1. The van der Waals surface area contributed by atoms with Crippen LogP contribution in [0.4, 0.5) is 20.6 Å². The summed E-state index contributed by atoms with van der Waals surface area (Å²) in [6.07, 6.45) is 0. The van der Waals surface area contributed by atoms with Crippen molar-refractivity contribution in [3.05, 3.63) is 69.0 Å². The summed E-state index contributed by atoms with van der Waals surface area (Å²) in [5, 5.41) is 15.8. The fourth-order valence-corrected chi connectivity index (χ4v) is 1.88. The van der Waals surface area contributed by atoms with Gasteiger partial charge in [-0.15, -0.1) is 0 Å². The molecular weight excluding hydrogens is 313 g/mol. The monoisotopic (exact) mass is 323 g/mol. The first kappa shape index (κ1) is 15.7. The first-order valence-electron chi connectivity index (χ1n) is 6.19. The molecule has 0 heterocycles. The molecule has 0 saturated heterocycles. The van der Waals surface area contributed by atoms with Gasteiger partial charge in [0.25, 0.3) is 5.69 Å². The van der Waals surface area contributed by atoms with Gasteiger partial charge in [0.1, 0.15) is 10.8 Å². The van der Waals surface area contributed by atoms with E-state index in [0.717, 1.165) is 5.56 Å². The quantitative estimate of drug-likeness (QED) is 0.664. The second-order valence-corrected chi connectivity index (χ2v) is 4.76. The molecule has 0 saturated carbocycles. The van der Waals surface area contributed by atoms with E-state index in [4.69, 9.17) is 11.6 Å². The number of nitrogens with zero attached hydrogens (tertiary/aromatic N) is 1. The minimum atomic E-state index is -0.635. The number of halogens is 2. The molecule has 0 radical (unpaired) electrons. The molecule has 0 spiro atoms. The number of amides is 2. The maximum absolute atomic E-state index is 12.7. The molecule has 0 bridgehead atoms. The number of nitro benzene ring substituents is 1. The van der Waals surface area contributed by atoms with Gasteiger partial charge in [0.2, 0.25) is 0 Å². The van der Waals surface area contributed by atoms with Crippen LogP contribution in [-0.2, 0) is 6.54 Å². The number of carbonyl (C=O) groups excluding carboxylic acids is 1. The number of rotatable bonds is 4. The minimum Gasteiger partial charge on any atom is -0.334 e. The number of anilines is 1. The molecule has 0 unspecified atom stereocenters. The van der Waals surface area contributed by atoms with Crippen LogP contribution in [0.25, 0.3) is 0 Å². The maximum atomic E-state index is 12.7. The van der Waals surface area contributed by atoms with Crippen LogP contribution in [0, 0.1) is 15.9 Å². The van der Waals surface area contributed by atoms with Gasteiger partial charge in [0.15, 0.2) is 0 Å². The average Bonchev–Trinajstić information content (AvgIpc) is 2.48. The minimum absolute atomic E-state index is 0.0118. The van der Waals surface area contributed by atoms with Crippen LogP contribution in [0.2, 0.25) is 5.02 Å². The molecule has 0 fully saturated rings. The van der Waals surface area contributed by atoms with Crippen molar-refractivity contribution in [2.45, 2.75) is 6.54 Å². The molecule has 6 nitrogen and oxygen atoms in total. The van der Waals surface area contributed by atoms with E-state index in [2.05, 4.69) is 10.6 Å². The zero-order valence-corrected chi connectivity index (χ0v) is 11.9. The molecule has 0 aliphatic heterocycles. The van der Waals surface area contributed by atoms with Crippen LogP contribution in [0.3, 0.4) is 0 Å². The van der Waals surface area contributed by atoms with Gasteiger partial charge in [-0.3, -0.25) is 10.1 Å². The van der Waals surface area contributed by atoms with Crippen LogP contribution in [0.5, 0.6) is 0 Å². The lowest BCUT2D eigenvalue weighted by Gasteiger charge is -2.08. The van der Waals surface area contributed by atoms with Gasteiger partial charge in [0, 0.05) is 18.3 Å². The van der Waals surface area contributed by atoms with E-state index >= 15 is 0 Å². The Labute approximate surface area is 130 Å². The molecule has 22 heavy (non-hydrogen) atoms. The topological polar surface area (TPSA) is 84.3 Å². The van der Waals surface area contributed by atoms with E-state index in [0.29, 0.717) is 0 Å². The molecule has 2 aromatic rings. The molecule has 0 aliphatic carbocycles. The third-order valence-electron chi connectivity index (χ3n) is 2.77. The van der Waals surface area contributed by atoms with Crippen LogP contribution >= 0.6 is 11.6 Å². The summed E-state index contributed by atoms with van der Waals surface area (Å²) in [6, 6.07) is 9.07. The summed E-state index contributed by atoms with van der Waals surface area (Å²) < 4.78 is 12.7. The summed E-state index contributed by atoms with van der Waals surface area (Å²) in [5.74, 6) is -0.360. The van der Waals surface area contributed by atoms with Crippen molar-refractivity contribution in [1.82, 2.24) is 5.32 Å². The zero-order valence-electron chi connectivity index (χ0n) is 11.2. The molecular formula is C14H11ClFN3O3. The van der Waals surface area contributed by atoms with Crippen LogP contribution in [-0.4, -0.2) is 11.0 Å². The fraction of sp³-hybridized carbons (Fsp3) is 0.0714. The van der Waals surface area contributed by atoms with Crippen molar-refractivity contribution in [1.29, 1.82) is 0 Å². The van der Waals surface area contributed by atoms with Crippen molar-refractivity contribution in [3.63, 3.8) is 0 Å². The number of urea groups is 1. The Kier molecular flexibility index (Phi) is 4.90. The van der Waals surface area contributed by atoms with Gasteiger partial charge in [-0.2, -0.15) is 0 Å². The standard InChI is InChI=1S/C14H11ClFN3O3/c15-12-6-5-11(7-13(12)19(21)22)18-14(20)17-8-9-1-3-10(16)4-2-9/h1-7H,8H2,(H2,17,18,20). The highest BCUT2D eigenvalue weighted by molar-refractivity contribution is 6.32. The largest absolute Gasteiger partial charge is 0.334 e. The third kappa shape index (κ3) is 4.16. The average molecular weight is 324 g/mol. The molecule has 114 valence electrons. The third-order valence-corrected chi connectivity index (χ3v) is 3.09. The molecule has 2 N–H and O–H groups in total. The van der Waals surface area contributed by atoms with Gasteiger partial charge < -0.3 is 10.6 Å². The maximum Gasteiger partial charge on any atom is 0.319 e. The Balaban J connectivity index is 1.96. The van der Waals surface area contributed by atoms with Crippen LogP contribution in [0.1, 0.15) is 5.56 Å². The van der Waals surface area contributed by atoms with Gasteiger partial charge >= 0.3 is 6.03 Å². The number of nitro groups is 1. The Hall–Kier alpha value is -2.67. The SMILES string of the molecule is O=C(NCc1ccc(F)cc1)Nc1ccc(Cl)c([N+](=O)[O-])c1. The van der Waals surface area contributed by atoms with Crippen LogP contribution in [0.15, 0.2) is 42.5 Å². The Morgan fingerprint density at radius 1 is 1.23 bits per heavy atom. The summed E-state index contributed by atoms with van der Waals surface area (Å²) in [7, 11) is 0. The second kappa shape index (κ2) is 6.86. The number of hydrogen-bond acceptors (Lipinski definition) is 3. The number of carbonyl (C=O) groups is 1. The lowest BCUT2D eigenvalue weighted by molar-refractivity contribution is -0.384. The van der Waals surface area contributed by atoms with E-state index in [9.17, 15) is 19.3 Å². The highest BCUT2D eigenvalue weighted by Crippen LogP contribution is 2.27. The van der Waals surface area contributed by atoms with Crippen molar-refractivity contribution >= 4 is 29.0 Å². The smallest absolute Gasteiger partial charge is 0.319 e. The Morgan fingerprint density at radius 2 is 1.91 bits per heavy atom. The number of hydrogen-bond donors (Lipinski definition) is 2. The van der Waals surface area contributed by atoms with Gasteiger partial charge in [-0.25, -0.2) is 9.18 Å². The molecule has 0 atom stereocenters. The van der Waals surface area contributed by atoms with Gasteiger partial charge in [-0.05, 0) is 29.8 Å². The van der Waals surface area contributed by atoms with E-state index in [-0.39, 0.29) is 28.8 Å². The highest BCUT2D eigenvalue weighted by atomic mass is 35.5. The van der Waals surface area contributed by atoms with Gasteiger partial charge in [0.05, 0.1) is 4.92 Å². The molecule has 2 amide bonds. The first-order valence-corrected chi connectivity index (χ1v) is 6.57. The molecule has 8 heteroatoms. The van der Waals surface area contributed by atoms with Gasteiger partial charge in [-0.1, -0.05) is 23.7 Å². The summed E-state index contributed by atoms with van der Waals surface area (Å²) in [4.78, 5) is 21.8. The lowest BCUT2D eigenvalue weighted by Crippen LogP contribution is -2.28. The Morgan fingerprint density at radius 3 is 2.55 bits per heavy atom. The zero-order chi connectivity index (χ0) is 16.1. The van der Waals surface area contributed by atoms with E-state index < -0.39 is 11.0 Å². The van der Waals surface area contributed by atoms with E-state index in [1.807, 2.05) is 0 Å². The van der Waals surface area contributed by atoms with Crippen molar-refractivity contribution in [3.8, 4) is 0 Å². The predicted octanol–water partition coefficient (Wildman–Crippen LogP) is 3.71. The summed E-state index contributed by atoms with van der Waals surface area (Å²) in [5.41, 5.74) is 0.671. The second-order valence-electron chi connectivity index (χ2n) is 4.36.